The number of carboxylic acid groups (broad SMARTS) is 1. The number of nitrogens with two attached hydrogens (primary N) is 1. The Morgan fingerprint density at radius 3 is 1.48 bits per heavy atom. The van der Waals surface area contributed by atoms with E-state index in [1.54, 1.807) is 0 Å². The van der Waals surface area contributed by atoms with E-state index >= 15 is 0 Å². The molecule has 0 fully saturated rings. The minimum Gasteiger partial charge on any atom is -0.480 e. The average molecular weight is 804 g/mol. The van der Waals surface area contributed by atoms with Gasteiger partial charge in [-0.05, 0) is 89.9 Å². The molecule has 0 bridgehead atoms. The van der Waals surface area contributed by atoms with Crippen molar-refractivity contribution in [1.82, 2.24) is 0 Å². The van der Waals surface area contributed by atoms with Crippen molar-refractivity contribution in [3.8, 4) is 0 Å². The molecule has 0 aromatic carbocycles. The van der Waals surface area contributed by atoms with Crippen molar-refractivity contribution in [3.63, 3.8) is 0 Å². The van der Waals surface area contributed by atoms with Gasteiger partial charge >= 0.3 is 25.7 Å². The van der Waals surface area contributed by atoms with Gasteiger partial charge in [0.2, 0.25) is 0 Å². The zero-order valence-electron chi connectivity index (χ0n) is 33.9. The highest BCUT2D eigenvalue weighted by atomic mass is 31.2. The van der Waals surface area contributed by atoms with Gasteiger partial charge < -0.3 is 25.2 Å². The Labute approximate surface area is 336 Å². The number of hydrogen-bond acceptors (Lipinski definition) is 9. The maximum Gasteiger partial charge on any atom is 0.472 e. The molecule has 0 heterocycles. The zero-order chi connectivity index (χ0) is 41.4. The summed E-state index contributed by atoms with van der Waals surface area (Å²) in [5, 5.41) is 8.87. The number of rotatable bonds is 36. The second-order valence-electron chi connectivity index (χ2n) is 13.0. The van der Waals surface area contributed by atoms with E-state index in [-0.39, 0.29) is 12.8 Å². The van der Waals surface area contributed by atoms with Crippen LogP contribution < -0.4 is 5.73 Å². The molecule has 0 aromatic rings. The molecule has 316 valence electrons. The van der Waals surface area contributed by atoms with E-state index in [1.165, 1.54) is 19.3 Å². The summed E-state index contributed by atoms with van der Waals surface area (Å²) < 4.78 is 32.5. The van der Waals surface area contributed by atoms with Crippen LogP contribution in [0.1, 0.15) is 129 Å². The van der Waals surface area contributed by atoms with Gasteiger partial charge in [0.1, 0.15) is 12.6 Å². The molecule has 0 radical (unpaired) electrons. The minimum absolute atomic E-state index is 0.0684. The van der Waals surface area contributed by atoms with Crippen LogP contribution in [0.4, 0.5) is 0 Å². The molecule has 12 heteroatoms. The van der Waals surface area contributed by atoms with E-state index in [0.29, 0.717) is 19.3 Å². The molecule has 3 atom stereocenters. The molecule has 0 aliphatic heterocycles. The van der Waals surface area contributed by atoms with Crippen LogP contribution in [0.25, 0.3) is 0 Å². The number of carboxylic acids is 1. The maximum absolute atomic E-state index is 12.6. The van der Waals surface area contributed by atoms with Crippen LogP contribution in [0.5, 0.6) is 0 Å². The van der Waals surface area contributed by atoms with Crippen molar-refractivity contribution in [2.45, 2.75) is 142 Å². The quantitative estimate of drug-likeness (QED) is 0.0238. The molecular weight excluding hydrogens is 733 g/mol. The van der Waals surface area contributed by atoms with Crippen molar-refractivity contribution in [3.05, 3.63) is 97.2 Å². The fourth-order valence-corrected chi connectivity index (χ4v) is 5.41. The summed E-state index contributed by atoms with van der Waals surface area (Å²) in [6, 6.07) is -1.54. The normalized spacial score (nSPS) is 14.8. The maximum atomic E-state index is 12.6. The Balaban J connectivity index is 4.60. The van der Waals surface area contributed by atoms with Crippen molar-refractivity contribution >= 4 is 25.7 Å². The molecule has 0 aliphatic carbocycles. The van der Waals surface area contributed by atoms with Crippen LogP contribution in [0.15, 0.2) is 97.2 Å². The van der Waals surface area contributed by atoms with Gasteiger partial charge in [-0.2, -0.15) is 0 Å². The van der Waals surface area contributed by atoms with Crippen LogP contribution in [-0.4, -0.2) is 59.9 Å². The first-order valence-electron chi connectivity index (χ1n) is 20.3. The lowest BCUT2D eigenvalue weighted by Crippen LogP contribution is -2.34. The van der Waals surface area contributed by atoms with E-state index in [4.69, 9.17) is 24.8 Å². The summed E-state index contributed by atoms with van der Waals surface area (Å²) in [5.74, 6) is -2.52. The van der Waals surface area contributed by atoms with Crippen molar-refractivity contribution in [1.29, 1.82) is 0 Å². The summed E-state index contributed by atoms with van der Waals surface area (Å²) in [6.45, 7) is 2.53. The predicted molar refractivity (Wildman–Crippen MR) is 226 cm³/mol. The average Bonchev–Trinajstić information content (AvgIpc) is 3.17. The number of phosphoric acid groups is 1. The molecule has 11 nitrogen and oxygen atoms in total. The van der Waals surface area contributed by atoms with Gasteiger partial charge in [0, 0.05) is 12.8 Å². The van der Waals surface area contributed by atoms with Crippen LogP contribution in [0, 0.1) is 0 Å². The zero-order valence-corrected chi connectivity index (χ0v) is 34.8. The minimum atomic E-state index is -4.74. The first kappa shape index (κ1) is 52.4. The Morgan fingerprint density at radius 1 is 0.571 bits per heavy atom. The van der Waals surface area contributed by atoms with E-state index in [9.17, 15) is 23.8 Å². The summed E-state index contributed by atoms with van der Waals surface area (Å²) in [7, 11) is -4.74. The number of unbranched alkanes of at least 4 members (excludes halogenated alkanes) is 6. The lowest BCUT2D eigenvalue weighted by Gasteiger charge is -2.20. The Bertz CT molecular complexity index is 1310. The number of phosphoric ester groups is 1. The topological polar surface area (TPSA) is 172 Å². The molecule has 0 rings (SSSR count). The number of hydrogen-bond donors (Lipinski definition) is 3. The molecule has 0 aromatic heterocycles. The van der Waals surface area contributed by atoms with Gasteiger partial charge in [0.25, 0.3) is 0 Å². The first-order valence-corrected chi connectivity index (χ1v) is 21.8. The Kier molecular flexibility index (Phi) is 35.8. The highest BCUT2D eigenvalue weighted by Crippen LogP contribution is 2.43. The fraction of sp³-hybridized carbons (Fsp3) is 0.568. The molecule has 4 N–H and O–H groups in total. The molecule has 0 saturated heterocycles. The number of allylic oxidation sites excluding steroid dienone is 16. The summed E-state index contributed by atoms with van der Waals surface area (Å²) in [6.07, 6.45) is 47.7. The fourth-order valence-electron chi connectivity index (χ4n) is 4.63. The van der Waals surface area contributed by atoms with Gasteiger partial charge in [-0.1, -0.05) is 124 Å². The highest BCUT2D eigenvalue weighted by molar-refractivity contribution is 7.47. The predicted octanol–water partition coefficient (Wildman–Crippen LogP) is 10.5. The van der Waals surface area contributed by atoms with Crippen LogP contribution in [-0.2, 0) is 37.5 Å². The molecule has 0 spiro atoms. The summed E-state index contributed by atoms with van der Waals surface area (Å²) >= 11 is 0. The second kappa shape index (κ2) is 38.3. The molecule has 0 aliphatic rings. The molecule has 0 amide bonds. The number of aliphatic carboxylic acids is 1. The smallest absolute Gasteiger partial charge is 0.472 e. The third-order valence-electron chi connectivity index (χ3n) is 7.82. The van der Waals surface area contributed by atoms with Gasteiger partial charge in [0.05, 0.1) is 13.2 Å². The first-order chi connectivity index (χ1) is 27.1. The van der Waals surface area contributed by atoms with Gasteiger partial charge in [0.15, 0.2) is 6.10 Å². The lowest BCUT2D eigenvalue weighted by atomic mass is 10.1. The van der Waals surface area contributed by atoms with E-state index in [1.807, 2.05) is 12.2 Å². The highest BCUT2D eigenvalue weighted by Gasteiger charge is 2.28. The number of ether oxygens (including phenoxy) is 2. The number of esters is 2. The number of carbonyl (C=O) groups is 3. The standard InChI is InChI=1S/C44H70NO10P/c1-3-5-7-9-11-13-15-17-19-20-22-24-26-28-30-32-34-36-43(47)55-40(38-53-56(50,51)54-39-41(45)44(48)49)37-52-42(46)35-33-31-29-27-25-23-21-18-16-14-12-10-8-6-4-2/h5,7,11-14,17-19,21-22,24-25,27-28,30,40-41H,3-4,6,8-10,15-16,20,23,26,29,31-39,45H2,1-2H3,(H,48,49)(H,50,51)/b7-5-,13-11-,14-12-,19-17-,21-18-,24-22-,27-25-,30-28-/t40-,41+/m1/s1. The third-order valence-corrected chi connectivity index (χ3v) is 8.77. The Morgan fingerprint density at radius 2 is 1.00 bits per heavy atom. The molecule has 56 heavy (non-hydrogen) atoms. The van der Waals surface area contributed by atoms with Crippen LogP contribution in [0.2, 0.25) is 0 Å². The summed E-state index contributed by atoms with van der Waals surface area (Å²) in [4.78, 5) is 45.8. The molecule has 0 saturated carbocycles. The van der Waals surface area contributed by atoms with Crippen molar-refractivity contribution in [2.75, 3.05) is 19.8 Å². The largest absolute Gasteiger partial charge is 0.480 e. The van der Waals surface area contributed by atoms with E-state index < -0.39 is 57.7 Å². The van der Waals surface area contributed by atoms with Gasteiger partial charge in [-0.25, -0.2) is 4.57 Å². The number of carbonyl (C=O) groups excluding carboxylic acids is 2. The monoisotopic (exact) mass is 803 g/mol. The van der Waals surface area contributed by atoms with Crippen molar-refractivity contribution in [2.24, 2.45) is 5.73 Å². The second-order valence-corrected chi connectivity index (χ2v) is 14.5. The van der Waals surface area contributed by atoms with Crippen LogP contribution in [0.3, 0.4) is 0 Å². The van der Waals surface area contributed by atoms with E-state index in [2.05, 4.69) is 103 Å². The Hall–Kier alpha value is -3.60. The van der Waals surface area contributed by atoms with Crippen molar-refractivity contribution < 1.29 is 47.5 Å². The third kappa shape index (κ3) is 37.3. The molecule has 1 unspecified atom stereocenters. The van der Waals surface area contributed by atoms with E-state index in [0.717, 1.165) is 64.2 Å². The molecular formula is C44H70NO10P. The van der Waals surface area contributed by atoms with Crippen LogP contribution >= 0.6 is 7.82 Å². The van der Waals surface area contributed by atoms with Gasteiger partial charge in [-0.3, -0.25) is 23.4 Å². The SMILES string of the molecule is CC/C=C\C/C=C\C/C=C\C/C=C\C/C=C\CCCC(=O)O[C@H](COC(=O)CCCC/C=C\C/C=C\C/C=C\CCCCC)COP(=O)(O)OC[C@H](N)C(=O)O. The summed E-state index contributed by atoms with van der Waals surface area (Å²) in [5.41, 5.74) is 5.32. The lowest BCUT2D eigenvalue weighted by molar-refractivity contribution is -0.161. The van der Waals surface area contributed by atoms with Gasteiger partial charge in [-0.15, -0.1) is 0 Å².